The molecule has 35 heteroatoms. The van der Waals surface area contributed by atoms with Gasteiger partial charge in [-0.1, -0.05) is 33.6 Å². The average molecular weight is 1550 g/mol. The van der Waals surface area contributed by atoms with Gasteiger partial charge in [0.25, 0.3) is 0 Å². The van der Waals surface area contributed by atoms with Crippen LogP contribution in [0.15, 0.2) is 0 Å². The molecule has 0 unspecified atom stereocenters. The summed E-state index contributed by atoms with van der Waals surface area (Å²) in [7, 11) is 0. The van der Waals surface area contributed by atoms with Gasteiger partial charge in [-0.05, 0) is 136 Å². The van der Waals surface area contributed by atoms with Gasteiger partial charge >= 0.3 is 0 Å². The van der Waals surface area contributed by atoms with Crippen molar-refractivity contribution in [3.8, 4) is 0 Å². The maximum Gasteiger partial charge on any atom is 0.220 e. The number of aliphatic hydroxyl groups is 19. The third-order valence-electron chi connectivity index (χ3n) is 24.6. The highest BCUT2D eigenvalue weighted by Gasteiger charge is 2.66. The number of hydrogen-bond acceptors (Lipinski definition) is 34. The molecule has 9 rings (SSSR count). The lowest BCUT2D eigenvalue weighted by Crippen LogP contribution is -2.62. The van der Waals surface area contributed by atoms with E-state index in [0.717, 1.165) is 25.7 Å². The Kier molecular flexibility index (Phi) is 35.1. The maximum absolute atomic E-state index is 13.5. The molecule has 5 saturated heterocycles. The Balaban J connectivity index is 0.844. The predicted molar refractivity (Wildman–Crippen MR) is 366 cm³/mol. The van der Waals surface area contributed by atoms with Crippen LogP contribution in [0.1, 0.15) is 130 Å². The van der Waals surface area contributed by atoms with Gasteiger partial charge in [0.1, 0.15) is 122 Å². The van der Waals surface area contributed by atoms with E-state index in [0.29, 0.717) is 64.3 Å². The number of unbranched alkanes of at least 4 members (excludes halogenated alkanes) is 3. The Labute approximate surface area is 624 Å². The van der Waals surface area contributed by atoms with Crippen molar-refractivity contribution in [3.05, 3.63) is 0 Å². The molecule has 0 spiro atoms. The van der Waals surface area contributed by atoms with E-state index in [9.17, 15) is 102 Å². The number of carbonyl (C=O) groups excluding carboxylic acids is 1. The Bertz CT molecular complexity index is 2560. The third kappa shape index (κ3) is 21.6. The van der Waals surface area contributed by atoms with Gasteiger partial charge in [-0.25, -0.2) is 0 Å². The van der Waals surface area contributed by atoms with Gasteiger partial charge in [-0.2, -0.15) is 0 Å². The number of fused-ring (bicyclic) bond motifs is 5. The lowest BCUT2D eigenvalue weighted by atomic mass is 9.43. The van der Waals surface area contributed by atoms with Crippen molar-refractivity contribution in [3.63, 3.8) is 0 Å². The molecule has 4 saturated carbocycles. The summed E-state index contributed by atoms with van der Waals surface area (Å²) in [5, 5.41) is 202. The summed E-state index contributed by atoms with van der Waals surface area (Å²) in [4.78, 5) is 13.5. The van der Waals surface area contributed by atoms with Crippen LogP contribution in [0.5, 0.6) is 0 Å². The van der Waals surface area contributed by atoms with Crippen LogP contribution in [0.3, 0.4) is 0 Å². The number of amides is 1. The lowest BCUT2D eigenvalue weighted by molar-refractivity contribution is -0.326. The molecule has 9 aliphatic rings. The predicted octanol–water partition coefficient (Wildman–Crippen LogP) is -5.22. The fourth-order valence-electron chi connectivity index (χ4n) is 18.3. The highest BCUT2D eigenvalue weighted by molar-refractivity contribution is 5.75. The zero-order valence-electron chi connectivity index (χ0n) is 61.9. The van der Waals surface area contributed by atoms with Gasteiger partial charge in [0.2, 0.25) is 5.91 Å². The lowest BCUT2D eigenvalue weighted by Gasteiger charge is -2.63. The summed E-state index contributed by atoms with van der Waals surface area (Å²) in [6.45, 7) is 3.39. The summed E-state index contributed by atoms with van der Waals surface area (Å²) in [5.74, 6) is 0.969. The van der Waals surface area contributed by atoms with Crippen molar-refractivity contribution < 1.29 is 168 Å². The molecule has 0 aromatic rings. The van der Waals surface area contributed by atoms with Crippen molar-refractivity contribution in [1.82, 2.24) is 5.32 Å². The van der Waals surface area contributed by atoms with E-state index < -0.39 is 192 Å². The molecule has 4 aliphatic carbocycles. The summed E-state index contributed by atoms with van der Waals surface area (Å²) in [6, 6.07) is 0. The summed E-state index contributed by atoms with van der Waals surface area (Å²) < 4.78 is 84.6. The molecule has 0 aromatic carbocycles. The molecule has 0 aromatic heterocycles. The van der Waals surface area contributed by atoms with Crippen LogP contribution in [0.4, 0.5) is 0 Å². The largest absolute Gasteiger partial charge is 0.394 e. The Morgan fingerprint density at radius 3 is 1.34 bits per heavy atom. The number of hydrogen-bond donors (Lipinski definition) is 20. The number of ether oxygens (including phenoxy) is 14. The fraction of sp³-hybridized carbons (Fsp3) is 0.986. The molecule has 107 heavy (non-hydrogen) atoms. The van der Waals surface area contributed by atoms with Crippen LogP contribution >= 0.6 is 0 Å². The fourth-order valence-corrected chi connectivity index (χ4v) is 18.3. The Morgan fingerprint density at radius 1 is 0.430 bits per heavy atom. The molecular weight excluding hydrogens is 1420 g/mol. The molecule has 1 amide bonds. The molecular formula is C72H127NO34. The average Bonchev–Trinajstić information content (AvgIpc) is 1.65. The summed E-state index contributed by atoms with van der Waals surface area (Å²) >= 11 is 0. The van der Waals surface area contributed by atoms with Gasteiger partial charge in [0, 0.05) is 46.0 Å². The minimum Gasteiger partial charge on any atom is -0.394 e. The topological polar surface area (TPSA) is 543 Å². The normalized spacial score (nSPS) is 44.8. The van der Waals surface area contributed by atoms with Crippen LogP contribution in [0.2, 0.25) is 0 Å². The second-order valence-electron chi connectivity index (χ2n) is 31.5. The second kappa shape index (κ2) is 42.1. The van der Waals surface area contributed by atoms with Crippen molar-refractivity contribution in [1.29, 1.82) is 0 Å². The highest BCUT2D eigenvalue weighted by Crippen LogP contribution is 2.68. The minimum absolute atomic E-state index is 0.00990. The highest BCUT2D eigenvalue weighted by atomic mass is 16.7. The van der Waals surface area contributed by atoms with E-state index in [2.05, 4.69) is 26.1 Å². The number of aliphatic hydroxyl groups excluding tert-OH is 19. The second-order valence-corrected chi connectivity index (χ2v) is 31.5. The number of rotatable bonds is 41. The van der Waals surface area contributed by atoms with Crippen molar-refractivity contribution in [2.75, 3.05) is 99.0 Å². The number of carbonyl (C=O) groups is 1. The molecule has 0 radical (unpaired) electrons. The van der Waals surface area contributed by atoms with Gasteiger partial charge in [0.15, 0.2) is 31.5 Å². The first kappa shape index (κ1) is 89.1. The first-order valence-corrected chi connectivity index (χ1v) is 38.9. The first-order chi connectivity index (χ1) is 51.2. The monoisotopic (exact) mass is 1550 g/mol. The van der Waals surface area contributed by atoms with Crippen LogP contribution in [0, 0.1) is 46.3 Å². The minimum atomic E-state index is -1.71. The van der Waals surface area contributed by atoms with Crippen molar-refractivity contribution in [2.45, 2.75) is 302 Å². The molecule has 624 valence electrons. The standard InChI is InChI=1S/C72H127NO34/c1-36(39-13-14-40-50-41(30-48(80)72(39,40)3)71(2)17-16-38(78)28-37(71)29-42(50)79)12-15-49(81)73-18-6-4-5-7-20-102-70-65(97-23-11-27-101-69-62(93)58(89)54(85)46(34-77)106-69)64(96-22-10-26-100-68-61(92)57(88)53(84)45(33-76)105-68)63(95-21-9-25-99-67-60(91)56(87)52(83)44(32-75)104-67)47(107-70)35-94-19-8-24-98-66-59(90)55(86)51(82)43(31-74)103-66/h36-48,50-70,74-80,82-93H,4-35H2,1-3H3,(H,73,81)/t36-,37+,38-,39-,40+,41+,42-,43-,44-,45-,46-,47-,48+,50+,51-,52-,53-,54-,55+,56+,57+,58+,59+,60+,61+,62+,63-,64+,65-,66+,67+,68+,69+,70-,71+,72-/m1/s1. The van der Waals surface area contributed by atoms with Gasteiger partial charge < -0.3 is 169 Å². The summed E-state index contributed by atoms with van der Waals surface area (Å²) in [5.41, 5.74) is -0.416. The van der Waals surface area contributed by atoms with Gasteiger partial charge in [-0.15, -0.1) is 0 Å². The van der Waals surface area contributed by atoms with E-state index >= 15 is 0 Å². The van der Waals surface area contributed by atoms with Crippen LogP contribution in [-0.2, 0) is 71.1 Å². The van der Waals surface area contributed by atoms with Crippen LogP contribution in [-0.4, -0.2) is 374 Å². The van der Waals surface area contributed by atoms with Gasteiger partial charge in [0.05, 0.1) is 77.8 Å². The maximum atomic E-state index is 13.5. The molecule has 9 fully saturated rings. The van der Waals surface area contributed by atoms with E-state index in [-0.39, 0.29) is 150 Å². The number of nitrogens with one attached hydrogen (secondary N) is 1. The SMILES string of the molecule is C[C@H](CCC(=O)NCCCCCCO[C@@H]1O[C@H](COCCCO[C@H]2O[C@H](CO)[C@@H](O)[C@H](O)[C@@H]2O)[C@@H](OCCCO[C@H]2O[C@H](CO)[C@@H](O)[C@H](O)[C@@H]2O)[C@H](OCCCO[C@H]2O[C@H](CO)[C@@H](O)[C@H](O)[C@@H]2O)[C@H]1OCCCO[C@H]1O[C@H](CO)[C@@H](O)[C@H](O)[C@@H]1O)[C@H]1CC[C@H]2[C@@H]3[C@H](O)C[C@@H]4C[C@H](O)CC[C@]4(C)[C@H]3C[C@H](O)[C@]12C. The molecule has 5 aliphatic heterocycles. The first-order valence-electron chi connectivity index (χ1n) is 38.9. The Hall–Kier alpha value is -1.85. The zero-order chi connectivity index (χ0) is 77.4. The molecule has 5 heterocycles. The van der Waals surface area contributed by atoms with E-state index in [1.54, 1.807) is 0 Å². The quantitative estimate of drug-likeness (QED) is 0.0254. The molecule has 0 bridgehead atoms. The molecule has 35 nitrogen and oxygen atoms in total. The summed E-state index contributed by atoms with van der Waals surface area (Å²) in [6.07, 6.45) is -28.2. The van der Waals surface area contributed by atoms with Crippen molar-refractivity contribution >= 4 is 5.91 Å². The van der Waals surface area contributed by atoms with Crippen LogP contribution < -0.4 is 5.32 Å². The van der Waals surface area contributed by atoms with E-state index in [4.69, 9.17) is 66.3 Å². The van der Waals surface area contributed by atoms with Crippen LogP contribution in [0.25, 0.3) is 0 Å². The zero-order valence-corrected chi connectivity index (χ0v) is 61.9. The Morgan fingerprint density at radius 2 is 0.850 bits per heavy atom. The van der Waals surface area contributed by atoms with E-state index in [1.165, 1.54) is 0 Å². The smallest absolute Gasteiger partial charge is 0.220 e. The molecule has 36 atom stereocenters. The van der Waals surface area contributed by atoms with Gasteiger partial charge in [-0.3, -0.25) is 4.79 Å². The third-order valence-corrected chi connectivity index (χ3v) is 24.6. The molecule has 20 N–H and O–H groups in total. The van der Waals surface area contributed by atoms with Crippen molar-refractivity contribution in [2.24, 2.45) is 46.3 Å². The van der Waals surface area contributed by atoms with E-state index in [1.807, 2.05) is 0 Å².